The van der Waals surface area contributed by atoms with Crippen LogP contribution >= 0.6 is 23.2 Å². The molecule has 1 amide bonds. The monoisotopic (exact) mass is 258 g/mol. The molecule has 0 heterocycles. The average molecular weight is 259 g/mol. The highest BCUT2D eigenvalue weighted by Crippen LogP contribution is 2.37. The normalized spacial score (nSPS) is 9.62. The van der Waals surface area contributed by atoms with Crippen LogP contribution in [0, 0.1) is 23.6 Å². The number of benzene rings is 1. The molecule has 0 aliphatic rings. The lowest BCUT2D eigenvalue weighted by atomic mass is 10.1. The van der Waals surface area contributed by atoms with Crippen molar-refractivity contribution in [3.8, 4) is 0 Å². The summed E-state index contributed by atoms with van der Waals surface area (Å²) in [5.41, 5.74) is -0.295. The van der Waals surface area contributed by atoms with Crippen LogP contribution in [0.3, 0.4) is 0 Å². The Kier molecular flexibility index (Phi) is 3.48. The van der Waals surface area contributed by atoms with Gasteiger partial charge in [0.25, 0.3) is 0 Å². The summed E-state index contributed by atoms with van der Waals surface area (Å²) in [6.45, 7) is 8.00. The van der Waals surface area contributed by atoms with Gasteiger partial charge in [-0.2, -0.15) is 4.85 Å². The lowest BCUT2D eigenvalue weighted by molar-refractivity contribution is -0.384. The Morgan fingerprint density at radius 2 is 2.12 bits per heavy atom. The summed E-state index contributed by atoms with van der Waals surface area (Å²) in [6, 6.07) is 1.08. The van der Waals surface area contributed by atoms with E-state index in [1.807, 2.05) is 0 Å². The van der Waals surface area contributed by atoms with Gasteiger partial charge in [-0.15, -0.1) is 0 Å². The predicted molar refractivity (Wildman–Crippen MR) is 58.8 cm³/mol. The van der Waals surface area contributed by atoms with Gasteiger partial charge in [-0.05, 0) is 18.6 Å². The van der Waals surface area contributed by atoms with E-state index < -0.39 is 16.5 Å². The number of nitro benzene ring substituents is 1. The molecule has 0 aliphatic heterocycles. The Hall–Kier alpha value is -1.64. The van der Waals surface area contributed by atoms with Gasteiger partial charge in [0.2, 0.25) is 0 Å². The minimum Gasteiger partial charge on any atom is -0.311 e. The molecule has 5 nitrogen and oxygen atoms in total. The molecule has 0 aliphatic carbocycles. The fraction of sp³-hybridized carbons (Fsp3) is 0.111. The van der Waals surface area contributed by atoms with Gasteiger partial charge in [-0.1, -0.05) is 23.2 Å². The molecular weight excluding hydrogens is 255 g/mol. The Balaban J connectivity index is 3.59. The molecule has 0 aromatic heterocycles. The minimum absolute atomic E-state index is 0.0180. The zero-order valence-corrected chi connectivity index (χ0v) is 9.46. The third-order valence-corrected chi connectivity index (χ3v) is 2.70. The van der Waals surface area contributed by atoms with E-state index in [4.69, 9.17) is 29.8 Å². The molecule has 0 unspecified atom stereocenters. The van der Waals surface area contributed by atoms with Gasteiger partial charge in [0.1, 0.15) is 10.0 Å². The van der Waals surface area contributed by atoms with Crippen molar-refractivity contribution in [2.75, 3.05) is 0 Å². The van der Waals surface area contributed by atoms with E-state index in [1.54, 1.807) is 0 Å². The molecule has 1 aromatic carbocycles. The van der Waals surface area contributed by atoms with E-state index in [-0.39, 0.29) is 21.2 Å². The van der Waals surface area contributed by atoms with Crippen LogP contribution in [0.5, 0.6) is 0 Å². The number of amides is 1. The molecule has 16 heavy (non-hydrogen) atoms. The third kappa shape index (κ3) is 1.98. The van der Waals surface area contributed by atoms with Gasteiger partial charge in [-0.3, -0.25) is 10.1 Å². The van der Waals surface area contributed by atoms with Crippen molar-refractivity contribution >= 4 is 34.8 Å². The van der Waals surface area contributed by atoms with Gasteiger partial charge in [0.05, 0.1) is 11.5 Å². The molecule has 7 heteroatoms. The smallest absolute Gasteiger partial charge is 0.311 e. The summed E-state index contributed by atoms with van der Waals surface area (Å²) >= 11 is 11.3. The molecular formula is C9H4Cl2N2O3. The third-order valence-electron chi connectivity index (χ3n) is 1.95. The van der Waals surface area contributed by atoms with Crippen molar-refractivity contribution in [1.29, 1.82) is 0 Å². The van der Waals surface area contributed by atoms with Crippen LogP contribution in [0.1, 0.15) is 15.9 Å². The van der Waals surface area contributed by atoms with Crippen LogP contribution in [-0.2, 0) is 0 Å². The molecule has 0 fully saturated rings. The summed E-state index contributed by atoms with van der Waals surface area (Å²) in [7, 11) is 0. The molecule has 1 aromatic rings. The van der Waals surface area contributed by atoms with E-state index in [0.717, 1.165) is 6.07 Å². The fourth-order valence-electron chi connectivity index (χ4n) is 1.15. The van der Waals surface area contributed by atoms with Gasteiger partial charge in [-0.25, -0.2) is 0 Å². The van der Waals surface area contributed by atoms with Crippen molar-refractivity contribution in [2.24, 2.45) is 0 Å². The largest absolute Gasteiger partial charge is 0.386 e. The molecule has 0 atom stereocenters. The van der Waals surface area contributed by atoms with E-state index in [2.05, 4.69) is 4.85 Å². The highest BCUT2D eigenvalue weighted by molar-refractivity contribution is 6.39. The van der Waals surface area contributed by atoms with E-state index in [9.17, 15) is 14.9 Å². The molecule has 1 rings (SSSR count). The number of carbonyl (C=O) groups excluding carboxylic acids is 1. The predicted octanol–water partition coefficient (Wildman–Crippen LogP) is 3.27. The topological polar surface area (TPSA) is 64.6 Å². The Bertz CT molecular complexity index is 535. The maximum atomic E-state index is 11.2. The number of nitrogens with zero attached hydrogens (tertiary/aromatic N) is 2. The number of nitro groups is 1. The fourth-order valence-corrected chi connectivity index (χ4v) is 1.75. The quantitative estimate of drug-likeness (QED) is 0.465. The molecule has 0 saturated carbocycles. The molecule has 0 N–H and O–H groups in total. The first-order valence-electron chi connectivity index (χ1n) is 3.95. The van der Waals surface area contributed by atoms with Crippen LogP contribution in [0.25, 0.3) is 4.85 Å². The SMILES string of the molecule is [C-]#[N+]C(=O)c1cc(Cl)c([N+](=O)[O-])c(Cl)c1C. The van der Waals surface area contributed by atoms with Gasteiger partial charge < -0.3 is 4.79 Å². The van der Waals surface area contributed by atoms with Crippen LogP contribution in [0.15, 0.2) is 6.07 Å². The van der Waals surface area contributed by atoms with E-state index in [1.165, 1.54) is 6.92 Å². The number of halogens is 2. The van der Waals surface area contributed by atoms with Crippen molar-refractivity contribution in [1.82, 2.24) is 0 Å². The zero-order valence-electron chi connectivity index (χ0n) is 7.95. The zero-order chi connectivity index (χ0) is 12.5. The molecule has 0 bridgehead atoms. The lowest BCUT2D eigenvalue weighted by Crippen LogP contribution is -2.00. The van der Waals surface area contributed by atoms with Crippen molar-refractivity contribution < 1.29 is 9.72 Å². The minimum atomic E-state index is -0.851. The van der Waals surface area contributed by atoms with Crippen LogP contribution < -0.4 is 0 Å². The second kappa shape index (κ2) is 4.47. The highest BCUT2D eigenvalue weighted by Gasteiger charge is 2.24. The number of hydrogen-bond donors (Lipinski definition) is 0. The Morgan fingerprint density at radius 3 is 2.56 bits per heavy atom. The Labute approximate surface area is 101 Å². The van der Waals surface area contributed by atoms with Gasteiger partial charge >= 0.3 is 11.6 Å². The maximum absolute atomic E-state index is 11.2. The van der Waals surface area contributed by atoms with E-state index >= 15 is 0 Å². The second-order valence-corrected chi connectivity index (χ2v) is 3.65. The van der Waals surface area contributed by atoms with Crippen LogP contribution in [-0.4, -0.2) is 10.8 Å². The van der Waals surface area contributed by atoms with Gasteiger partial charge in [0, 0.05) is 5.56 Å². The van der Waals surface area contributed by atoms with Crippen molar-refractivity contribution in [3.05, 3.63) is 48.8 Å². The highest BCUT2D eigenvalue weighted by atomic mass is 35.5. The van der Waals surface area contributed by atoms with Crippen molar-refractivity contribution in [3.63, 3.8) is 0 Å². The summed E-state index contributed by atoms with van der Waals surface area (Å²) < 4.78 is 0. The summed E-state index contributed by atoms with van der Waals surface area (Å²) in [5, 5.41) is 10.2. The van der Waals surface area contributed by atoms with E-state index in [0.29, 0.717) is 0 Å². The standard InChI is InChI=1S/C9H4Cl2N2O3/c1-4-5(9(14)12-2)3-6(10)8(7(4)11)13(15)16/h3H,1H3. The number of rotatable bonds is 2. The molecule has 0 spiro atoms. The first-order valence-corrected chi connectivity index (χ1v) is 4.70. The first kappa shape index (κ1) is 12.4. The molecule has 0 radical (unpaired) electrons. The number of carbonyl (C=O) groups is 1. The molecule has 0 saturated heterocycles. The average Bonchev–Trinajstić information content (AvgIpc) is 2.22. The van der Waals surface area contributed by atoms with Crippen LogP contribution in [0.2, 0.25) is 10.0 Å². The summed E-state index contributed by atoms with van der Waals surface area (Å²) in [5.74, 6) is -0.851. The summed E-state index contributed by atoms with van der Waals surface area (Å²) in [6.07, 6.45) is 0. The number of hydrogen-bond acceptors (Lipinski definition) is 3. The van der Waals surface area contributed by atoms with Gasteiger partial charge in [0.15, 0.2) is 0 Å². The maximum Gasteiger partial charge on any atom is 0.386 e. The molecule has 82 valence electrons. The Morgan fingerprint density at radius 1 is 1.56 bits per heavy atom. The summed E-state index contributed by atoms with van der Waals surface area (Å²) in [4.78, 5) is 23.8. The van der Waals surface area contributed by atoms with Crippen LogP contribution in [0.4, 0.5) is 5.69 Å². The lowest BCUT2D eigenvalue weighted by Gasteiger charge is -2.05. The first-order chi connectivity index (χ1) is 7.40. The van der Waals surface area contributed by atoms with Crippen molar-refractivity contribution in [2.45, 2.75) is 6.92 Å². The second-order valence-electron chi connectivity index (χ2n) is 2.87.